The number of carbonyl (C=O) groups is 2. The molecule has 1 saturated carbocycles. The van der Waals surface area contributed by atoms with Crippen molar-refractivity contribution in [3.8, 4) is 0 Å². The van der Waals surface area contributed by atoms with E-state index < -0.39 is 17.9 Å². The van der Waals surface area contributed by atoms with Crippen LogP contribution in [0, 0.1) is 0 Å². The van der Waals surface area contributed by atoms with Gasteiger partial charge in [0.05, 0.1) is 0 Å². The molecule has 1 aromatic heterocycles. The molecular weight excluding hydrogens is 210 g/mol. The van der Waals surface area contributed by atoms with Gasteiger partial charge in [0.15, 0.2) is 0 Å². The Balaban J connectivity index is 1.99. The zero-order valence-electron chi connectivity index (χ0n) is 8.86. The fraction of sp³-hybridized carbons (Fsp3) is 0.500. The van der Waals surface area contributed by atoms with Gasteiger partial charge in [0.2, 0.25) is 0 Å². The van der Waals surface area contributed by atoms with Crippen molar-refractivity contribution < 1.29 is 14.7 Å². The van der Waals surface area contributed by atoms with Gasteiger partial charge >= 0.3 is 5.97 Å². The Labute approximate surface area is 92.0 Å². The zero-order valence-corrected chi connectivity index (χ0v) is 8.86. The maximum Gasteiger partial charge on any atom is 0.325 e. The zero-order chi connectivity index (χ0) is 11.7. The summed E-state index contributed by atoms with van der Waals surface area (Å²) in [6.45, 7) is 1.41. The molecule has 86 valence electrons. The lowest BCUT2D eigenvalue weighted by Crippen LogP contribution is -2.38. The third kappa shape index (κ3) is 2.21. The van der Waals surface area contributed by atoms with Gasteiger partial charge in [-0.2, -0.15) is 5.10 Å². The molecule has 0 unspecified atom stereocenters. The Bertz CT molecular complexity index is 423. The molecule has 0 saturated heterocycles. The maximum absolute atomic E-state index is 11.6. The highest BCUT2D eigenvalue weighted by atomic mass is 16.4. The highest BCUT2D eigenvalue weighted by molar-refractivity contribution is 5.94. The van der Waals surface area contributed by atoms with Crippen molar-refractivity contribution >= 4 is 11.9 Å². The lowest BCUT2D eigenvalue weighted by atomic mass is 10.2. The average Bonchev–Trinajstić information content (AvgIpc) is 2.96. The number of hydrogen-bond acceptors (Lipinski definition) is 3. The van der Waals surface area contributed by atoms with Crippen LogP contribution in [0.5, 0.6) is 0 Å². The second-order valence-electron chi connectivity index (χ2n) is 4.02. The summed E-state index contributed by atoms with van der Waals surface area (Å²) in [6, 6.07) is 0.773. The summed E-state index contributed by atoms with van der Waals surface area (Å²) in [5.41, 5.74) is 1.20. The van der Waals surface area contributed by atoms with Crippen molar-refractivity contribution in [1.82, 2.24) is 15.5 Å². The number of amides is 1. The van der Waals surface area contributed by atoms with Crippen LogP contribution in [0.4, 0.5) is 0 Å². The van der Waals surface area contributed by atoms with Crippen molar-refractivity contribution in [2.45, 2.75) is 31.7 Å². The van der Waals surface area contributed by atoms with Gasteiger partial charge in [-0.05, 0) is 25.8 Å². The predicted octanol–water partition coefficient (Wildman–Crippen LogP) is 0.490. The van der Waals surface area contributed by atoms with Crippen molar-refractivity contribution in [1.29, 1.82) is 0 Å². The highest BCUT2D eigenvalue weighted by Gasteiger charge is 2.27. The first-order chi connectivity index (χ1) is 7.58. The van der Waals surface area contributed by atoms with E-state index in [-0.39, 0.29) is 5.69 Å². The largest absolute Gasteiger partial charge is 0.480 e. The molecule has 1 amide bonds. The SMILES string of the molecule is C[C@H](NC(=O)c1cc(C2CC2)[nH]n1)C(=O)O. The van der Waals surface area contributed by atoms with Gasteiger partial charge in [-0.3, -0.25) is 14.7 Å². The summed E-state index contributed by atoms with van der Waals surface area (Å²) >= 11 is 0. The summed E-state index contributed by atoms with van der Waals surface area (Å²) in [6.07, 6.45) is 2.24. The molecule has 6 heteroatoms. The summed E-state index contributed by atoms with van der Waals surface area (Å²) in [5.74, 6) is -1.03. The van der Waals surface area contributed by atoms with Crippen LogP contribution in [-0.2, 0) is 4.79 Å². The number of aliphatic carboxylic acids is 1. The van der Waals surface area contributed by atoms with Crippen molar-refractivity contribution in [2.75, 3.05) is 0 Å². The van der Waals surface area contributed by atoms with Crippen LogP contribution >= 0.6 is 0 Å². The third-order valence-corrected chi connectivity index (χ3v) is 2.57. The topological polar surface area (TPSA) is 95.1 Å². The second-order valence-corrected chi connectivity index (χ2v) is 4.02. The molecule has 0 bridgehead atoms. The van der Waals surface area contributed by atoms with Crippen LogP contribution in [0.2, 0.25) is 0 Å². The predicted molar refractivity (Wildman–Crippen MR) is 55.1 cm³/mol. The molecule has 2 rings (SSSR count). The van der Waals surface area contributed by atoms with Gasteiger partial charge in [0.1, 0.15) is 11.7 Å². The van der Waals surface area contributed by atoms with Crippen molar-refractivity contribution in [3.63, 3.8) is 0 Å². The fourth-order valence-electron chi connectivity index (χ4n) is 1.39. The van der Waals surface area contributed by atoms with E-state index in [1.807, 2.05) is 0 Å². The smallest absolute Gasteiger partial charge is 0.325 e. The minimum atomic E-state index is -1.06. The average molecular weight is 223 g/mol. The van der Waals surface area contributed by atoms with E-state index in [0.717, 1.165) is 18.5 Å². The quantitative estimate of drug-likeness (QED) is 0.692. The second kappa shape index (κ2) is 3.96. The molecular formula is C10H13N3O3. The number of hydrogen-bond donors (Lipinski definition) is 3. The number of rotatable bonds is 4. The number of carbonyl (C=O) groups excluding carboxylic acids is 1. The molecule has 1 fully saturated rings. The minimum absolute atomic E-state index is 0.245. The molecule has 6 nitrogen and oxygen atoms in total. The van der Waals surface area contributed by atoms with E-state index in [0.29, 0.717) is 5.92 Å². The van der Waals surface area contributed by atoms with Gasteiger partial charge in [-0.1, -0.05) is 0 Å². The van der Waals surface area contributed by atoms with E-state index in [1.165, 1.54) is 6.92 Å². The van der Waals surface area contributed by atoms with Gasteiger partial charge in [0, 0.05) is 11.6 Å². The molecule has 0 aromatic carbocycles. The standard InChI is InChI=1S/C10H13N3O3/c1-5(10(15)16)11-9(14)8-4-7(12-13-8)6-2-3-6/h4-6H,2-3H2,1H3,(H,11,14)(H,12,13)(H,15,16)/t5-/m0/s1. The lowest BCUT2D eigenvalue weighted by molar-refractivity contribution is -0.138. The number of aromatic amines is 1. The van der Waals surface area contributed by atoms with Crippen LogP contribution in [0.15, 0.2) is 6.07 Å². The molecule has 0 aliphatic heterocycles. The summed E-state index contributed by atoms with van der Waals surface area (Å²) < 4.78 is 0. The van der Waals surface area contributed by atoms with E-state index >= 15 is 0 Å². The van der Waals surface area contributed by atoms with Gasteiger partial charge in [0.25, 0.3) is 5.91 Å². The number of carboxylic acid groups (broad SMARTS) is 1. The maximum atomic E-state index is 11.6. The first-order valence-corrected chi connectivity index (χ1v) is 5.17. The number of nitrogens with one attached hydrogen (secondary N) is 2. The van der Waals surface area contributed by atoms with E-state index in [1.54, 1.807) is 6.07 Å². The van der Waals surface area contributed by atoms with E-state index in [4.69, 9.17) is 5.11 Å². The van der Waals surface area contributed by atoms with Crippen LogP contribution < -0.4 is 5.32 Å². The summed E-state index contributed by atoms with van der Waals surface area (Å²) in [5, 5.41) is 17.6. The molecule has 16 heavy (non-hydrogen) atoms. The highest BCUT2D eigenvalue weighted by Crippen LogP contribution is 2.38. The third-order valence-electron chi connectivity index (χ3n) is 2.57. The molecule has 0 radical (unpaired) electrons. The van der Waals surface area contributed by atoms with Crippen LogP contribution in [0.1, 0.15) is 41.9 Å². The minimum Gasteiger partial charge on any atom is -0.480 e. The number of aromatic nitrogens is 2. The van der Waals surface area contributed by atoms with Crippen LogP contribution in [-0.4, -0.2) is 33.2 Å². The molecule has 1 aromatic rings. The normalized spacial score (nSPS) is 16.8. The molecule has 1 aliphatic carbocycles. The van der Waals surface area contributed by atoms with Crippen molar-refractivity contribution in [2.24, 2.45) is 0 Å². The van der Waals surface area contributed by atoms with Gasteiger partial charge < -0.3 is 10.4 Å². The molecule has 1 heterocycles. The van der Waals surface area contributed by atoms with Crippen LogP contribution in [0.3, 0.4) is 0 Å². The van der Waals surface area contributed by atoms with E-state index in [2.05, 4.69) is 15.5 Å². The summed E-state index contributed by atoms with van der Waals surface area (Å²) in [7, 11) is 0. The number of carboxylic acids is 1. The molecule has 0 spiro atoms. The Hall–Kier alpha value is -1.85. The first kappa shape index (κ1) is 10.7. The summed E-state index contributed by atoms with van der Waals surface area (Å²) in [4.78, 5) is 22.1. The molecule has 1 aliphatic rings. The molecule has 3 N–H and O–H groups in total. The van der Waals surface area contributed by atoms with Gasteiger partial charge in [-0.25, -0.2) is 0 Å². The fourth-order valence-corrected chi connectivity index (χ4v) is 1.39. The van der Waals surface area contributed by atoms with Crippen molar-refractivity contribution in [3.05, 3.63) is 17.5 Å². The molecule has 1 atom stereocenters. The van der Waals surface area contributed by atoms with Crippen LogP contribution in [0.25, 0.3) is 0 Å². The Morgan fingerprint density at radius 3 is 2.88 bits per heavy atom. The Morgan fingerprint density at radius 1 is 1.62 bits per heavy atom. The lowest BCUT2D eigenvalue weighted by Gasteiger charge is -2.06. The Kier molecular flexibility index (Phi) is 2.64. The Morgan fingerprint density at radius 2 is 2.31 bits per heavy atom. The monoisotopic (exact) mass is 223 g/mol. The number of nitrogens with zero attached hydrogens (tertiary/aromatic N) is 1. The van der Waals surface area contributed by atoms with Gasteiger partial charge in [-0.15, -0.1) is 0 Å². The first-order valence-electron chi connectivity index (χ1n) is 5.17. The van der Waals surface area contributed by atoms with E-state index in [9.17, 15) is 9.59 Å². The number of H-pyrrole nitrogens is 1.